The molecule has 1 aromatic rings. The van der Waals surface area contributed by atoms with Gasteiger partial charge in [0.25, 0.3) is 5.91 Å². The molecule has 1 aromatic carbocycles. The number of aliphatic hydroxyl groups excluding tert-OH is 1. The Morgan fingerprint density at radius 3 is 3.10 bits per heavy atom. The van der Waals surface area contributed by atoms with E-state index in [1.165, 1.54) is 12.2 Å². The zero-order valence-electron chi connectivity index (χ0n) is 12.3. The molecule has 3 nitrogen and oxygen atoms in total. The molecule has 1 unspecified atom stereocenters. The summed E-state index contributed by atoms with van der Waals surface area (Å²) in [5.74, 6) is 6.95. The van der Waals surface area contributed by atoms with Crippen molar-refractivity contribution >= 4 is 17.7 Å². The monoisotopic (exact) mass is 303 g/mol. The summed E-state index contributed by atoms with van der Waals surface area (Å²) in [5, 5.41) is 11.7. The highest BCUT2D eigenvalue weighted by molar-refractivity contribution is 8.00. The van der Waals surface area contributed by atoms with E-state index in [1.807, 2.05) is 23.9 Å². The number of hydrogen-bond donors (Lipinski definition) is 2. The Kier molecular flexibility index (Phi) is 5.72. The van der Waals surface area contributed by atoms with E-state index in [-0.39, 0.29) is 17.3 Å². The maximum atomic E-state index is 12.2. The van der Waals surface area contributed by atoms with E-state index in [0.29, 0.717) is 18.5 Å². The molecule has 0 bridgehead atoms. The molecule has 1 saturated heterocycles. The SMILES string of the molecule is CC1(CNC(=O)c2cccc(C#CCCO)c2)CCCS1. The van der Waals surface area contributed by atoms with Crippen LogP contribution in [0.4, 0.5) is 0 Å². The van der Waals surface area contributed by atoms with E-state index in [4.69, 9.17) is 5.11 Å². The van der Waals surface area contributed by atoms with Crippen LogP contribution < -0.4 is 5.32 Å². The number of carbonyl (C=O) groups is 1. The van der Waals surface area contributed by atoms with Crippen molar-refractivity contribution in [3.63, 3.8) is 0 Å². The number of nitrogens with one attached hydrogen (secondary N) is 1. The lowest BCUT2D eigenvalue weighted by molar-refractivity contribution is 0.0950. The van der Waals surface area contributed by atoms with Crippen LogP contribution in [-0.2, 0) is 0 Å². The molecule has 1 aliphatic rings. The quantitative estimate of drug-likeness (QED) is 0.840. The third kappa shape index (κ3) is 4.80. The van der Waals surface area contributed by atoms with Crippen LogP contribution in [0.1, 0.15) is 42.1 Å². The van der Waals surface area contributed by atoms with E-state index in [2.05, 4.69) is 24.1 Å². The van der Waals surface area contributed by atoms with Crippen LogP contribution >= 0.6 is 11.8 Å². The minimum absolute atomic E-state index is 0.0467. The fraction of sp³-hybridized carbons (Fsp3) is 0.471. The van der Waals surface area contributed by atoms with Gasteiger partial charge in [-0.05, 0) is 43.7 Å². The Hall–Kier alpha value is -1.44. The van der Waals surface area contributed by atoms with Gasteiger partial charge in [0, 0.05) is 28.8 Å². The third-order valence-electron chi connectivity index (χ3n) is 3.52. The molecule has 2 N–H and O–H groups in total. The number of rotatable bonds is 4. The maximum absolute atomic E-state index is 12.2. The average Bonchev–Trinajstić information content (AvgIpc) is 2.93. The predicted molar refractivity (Wildman–Crippen MR) is 87.5 cm³/mol. The average molecular weight is 303 g/mol. The summed E-state index contributed by atoms with van der Waals surface area (Å²) in [4.78, 5) is 12.2. The summed E-state index contributed by atoms with van der Waals surface area (Å²) in [6.07, 6.45) is 2.84. The second-order valence-corrected chi connectivity index (χ2v) is 7.12. The lowest BCUT2D eigenvalue weighted by atomic mass is 10.1. The molecule has 1 fully saturated rings. The van der Waals surface area contributed by atoms with Crippen molar-refractivity contribution in [1.29, 1.82) is 0 Å². The Morgan fingerprint density at radius 2 is 2.38 bits per heavy atom. The molecule has 1 heterocycles. The van der Waals surface area contributed by atoms with Crippen LogP contribution in [0.3, 0.4) is 0 Å². The molecule has 1 amide bonds. The Bertz CT molecular complexity index is 553. The first-order valence-electron chi connectivity index (χ1n) is 7.25. The van der Waals surface area contributed by atoms with Crippen LogP contribution in [0.25, 0.3) is 0 Å². The van der Waals surface area contributed by atoms with Crippen molar-refractivity contribution in [2.45, 2.75) is 30.9 Å². The summed E-state index contributed by atoms with van der Waals surface area (Å²) in [5.41, 5.74) is 1.44. The molecular formula is C17H21NO2S. The summed E-state index contributed by atoms with van der Waals surface area (Å²) >= 11 is 1.94. The molecule has 0 aliphatic carbocycles. The van der Waals surface area contributed by atoms with Crippen molar-refractivity contribution in [2.75, 3.05) is 18.9 Å². The summed E-state index contributed by atoms with van der Waals surface area (Å²) in [7, 11) is 0. The standard InChI is InChI=1S/C17H21NO2S/c1-17(9-5-11-21-17)13-18-16(20)15-8-4-7-14(12-15)6-2-3-10-19/h4,7-8,12,19H,3,5,9-11,13H2,1H3,(H,18,20). The molecule has 0 saturated carbocycles. The highest BCUT2D eigenvalue weighted by Crippen LogP contribution is 2.36. The van der Waals surface area contributed by atoms with Crippen molar-refractivity contribution in [3.8, 4) is 11.8 Å². The van der Waals surface area contributed by atoms with E-state index in [0.717, 1.165) is 12.0 Å². The van der Waals surface area contributed by atoms with E-state index >= 15 is 0 Å². The van der Waals surface area contributed by atoms with Gasteiger partial charge in [-0.15, -0.1) is 0 Å². The Labute approximate surface area is 130 Å². The van der Waals surface area contributed by atoms with Gasteiger partial charge in [0.15, 0.2) is 0 Å². The number of benzene rings is 1. The van der Waals surface area contributed by atoms with Crippen LogP contribution in [0.2, 0.25) is 0 Å². The van der Waals surface area contributed by atoms with Crippen LogP contribution in [-0.4, -0.2) is 34.7 Å². The number of carbonyl (C=O) groups excluding carboxylic acids is 1. The van der Waals surface area contributed by atoms with E-state index in [9.17, 15) is 4.79 Å². The molecule has 1 aliphatic heterocycles. The first kappa shape index (κ1) is 15.9. The van der Waals surface area contributed by atoms with Gasteiger partial charge in [0.2, 0.25) is 0 Å². The zero-order valence-corrected chi connectivity index (χ0v) is 13.1. The van der Waals surface area contributed by atoms with Gasteiger partial charge in [0.1, 0.15) is 0 Å². The molecule has 0 radical (unpaired) electrons. The van der Waals surface area contributed by atoms with E-state index < -0.39 is 0 Å². The molecule has 4 heteroatoms. The topological polar surface area (TPSA) is 49.3 Å². The van der Waals surface area contributed by atoms with Gasteiger partial charge in [0.05, 0.1) is 6.61 Å². The fourth-order valence-electron chi connectivity index (χ4n) is 2.30. The van der Waals surface area contributed by atoms with Crippen LogP contribution in [0, 0.1) is 11.8 Å². The molecule has 2 rings (SSSR count). The van der Waals surface area contributed by atoms with Gasteiger partial charge in [-0.3, -0.25) is 4.79 Å². The highest BCUT2D eigenvalue weighted by Gasteiger charge is 2.29. The molecule has 1 atom stereocenters. The smallest absolute Gasteiger partial charge is 0.251 e. The summed E-state index contributed by atoms with van der Waals surface area (Å²) in [6, 6.07) is 7.31. The van der Waals surface area contributed by atoms with E-state index in [1.54, 1.807) is 12.1 Å². The van der Waals surface area contributed by atoms with Gasteiger partial charge < -0.3 is 10.4 Å². The van der Waals surface area contributed by atoms with Gasteiger partial charge in [-0.2, -0.15) is 11.8 Å². The van der Waals surface area contributed by atoms with Crippen LogP contribution in [0.5, 0.6) is 0 Å². The minimum atomic E-state index is -0.0467. The molecule has 0 spiro atoms. The molecule has 0 aromatic heterocycles. The second-order valence-electron chi connectivity index (χ2n) is 5.44. The normalized spacial score (nSPS) is 20.7. The first-order valence-corrected chi connectivity index (χ1v) is 8.23. The minimum Gasteiger partial charge on any atom is -0.395 e. The predicted octanol–water partition coefficient (Wildman–Crippen LogP) is 2.44. The largest absolute Gasteiger partial charge is 0.395 e. The van der Waals surface area contributed by atoms with Gasteiger partial charge in [-0.1, -0.05) is 17.9 Å². The Morgan fingerprint density at radius 1 is 1.52 bits per heavy atom. The summed E-state index contributed by atoms with van der Waals surface area (Å²) in [6.45, 7) is 2.97. The zero-order chi connectivity index (χ0) is 15.1. The maximum Gasteiger partial charge on any atom is 0.251 e. The summed E-state index contributed by atoms with van der Waals surface area (Å²) < 4.78 is 0.175. The lowest BCUT2D eigenvalue weighted by Gasteiger charge is -2.22. The Balaban J connectivity index is 1.96. The number of thioether (sulfide) groups is 1. The number of amides is 1. The second kappa shape index (κ2) is 7.53. The van der Waals surface area contributed by atoms with Crippen molar-refractivity contribution in [3.05, 3.63) is 35.4 Å². The highest BCUT2D eigenvalue weighted by atomic mass is 32.2. The number of hydrogen-bond acceptors (Lipinski definition) is 3. The fourth-order valence-corrected chi connectivity index (χ4v) is 3.55. The molecule has 21 heavy (non-hydrogen) atoms. The van der Waals surface area contributed by atoms with Crippen molar-refractivity contribution in [2.24, 2.45) is 0 Å². The van der Waals surface area contributed by atoms with Crippen LogP contribution in [0.15, 0.2) is 24.3 Å². The number of aliphatic hydroxyl groups is 1. The molecular weight excluding hydrogens is 282 g/mol. The lowest BCUT2D eigenvalue weighted by Crippen LogP contribution is -2.36. The molecule has 112 valence electrons. The third-order valence-corrected chi connectivity index (χ3v) is 5.06. The van der Waals surface area contributed by atoms with Crippen molar-refractivity contribution in [1.82, 2.24) is 5.32 Å². The van der Waals surface area contributed by atoms with Gasteiger partial charge >= 0.3 is 0 Å². The van der Waals surface area contributed by atoms with Crippen molar-refractivity contribution < 1.29 is 9.90 Å². The van der Waals surface area contributed by atoms with Gasteiger partial charge in [-0.25, -0.2) is 0 Å². The first-order chi connectivity index (χ1) is 10.1.